The summed E-state index contributed by atoms with van der Waals surface area (Å²) < 4.78 is 21.3. The van der Waals surface area contributed by atoms with Crippen LogP contribution in [0.1, 0.15) is 6.23 Å². The van der Waals surface area contributed by atoms with E-state index in [1.54, 1.807) is 0 Å². The average molecular weight is 427 g/mol. The van der Waals surface area contributed by atoms with Gasteiger partial charge in [-0.2, -0.15) is 0 Å². The largest absolute Gasteiger partial charge is 1.00 e. The summed E-state index contributed by atoms with van der Waals surface area (Å²) in [5, 5.41) is 20.0. The Kier molecular flexibility index (Phi) is 12.5. The van der Waals surface area contributed by atoms with Crippen molar-refractivity contribution in [1.82, 2.24) is 19.5 Å². The first-order valence-electron chi connectivity index (χ1n) is 6.39. The number of nitrogen functional groups attached to an aromatic ring is 1. The molecule has 27 heavy (non-hydrogen) atoms. The van der Waals surface area contributed by atoms with Crippen molar-refractivity contribution in [2.45, 2.75) is 24.5 Å². The summed E-state index contributed by atoms with van der Waals surface area (Å²) >= 11 is 0. The first kappa shape index (κ1) is 29.5. The molecule has 2 aromatic heterocycles. The summed E-state index contributed by atoms with van der Waals surface area (Å²) in [5.41, 5.74) is 6.19. The zero-order valence-corrected chi connectivity index (χ0v) is 19.3. The Balaban J connectivity index is 0. The SMILES string of the molecule is Nc1ncnc2c1ncn2[C@@H]1O[C@H](COP(=O)([O-])[O-])[C@@H](O)[C@H]1O.O.O.[Na+].[Na+]. The summed E-state index contributed by atoms with van der Waals surface area (Å²) in [6.07, 6.45) is -2.75. The number of ether oxygens (including phenoxy) is 1. The van der Waals surface area contributed by atoms with Crippen molar-refractivity contribution >= 4 is 24.8 Å². The Hall–Kier alpha value is 0.260. The molecule has 0 saturated carbocycles. The van der Waals surface area contributed by atoms with Crippen LogP contribution < -0.4 is 74.6 Å². The number of imidazole rings is 1. The number of aromatic nitrogens is 4. The Morgan fingerprint density at radius 3 is 2.44 bits per heavy atom. The van der Waals surface area contributed by atoms with Gasteiger partial charge in [0.15, 0.2) is 17.7 Å². The maximum Gasteiger partial charge on any atom is 1.00 e. The Morgan fingerprint density at radius 1 is 1.22 bits per heavy atom. The van der Waals surface area contributed by atoms with Gasteiger partial charge in [0.2, 0.25) is 0 Å². The molecule has 1 aliphatic heterocycles. The van der Waals surface area contributed by atoms with Crippen molar-refractivity contribution in [3.8, 4) is 0 Å². The number of hydrogen-bond donors (Lipinski definition) is 3. The quantitative estimate of drug-likeness (QED) is 0.305. The Morgan fingerprint density at radius 2 is 1.85 bits per heavy atom. The molecule has 3 rings (SSSR count). The van der Waals surface area contributed by atoms with Gasteiger partial charge in [-0.1, -0.05) is 0 Å². The predicted octanol–water partition coefficient (Wildman–Crippen LogP) is -10.8. The summed E-state index contributed by atoms with van der Waals surface area (Å²) in [5.74, 6) is 0.125. The molecule has 0 bridgehead atoms. The first-order chi connectivity index (χ1) is 10.8. The molecule has 17 heteroatoms. The van der Waals surface area contributed by atoms with Gasteiger partial charge in [-0.05, 0) is 0 Å². The van der Waals surface area contributed by atoms with Crippen molar-refractivity contribution in [3.63, 3.8) is 0 Å². The maximum absolute atomic E-state index is 10.5. The number of anilines is 1. The van der Waals surface area contributed by atoms with Crippen LogP contribution in [-0.4, -0.2) is 65.6 Å². The second-order valence-electron chi connectivity index (χ2n) is 4.87. The van der Waals surface area contributed by atoms with Crippen LogP contribution >= 0.6 is 7.82 Å². The fourth-order valence-corrected chi connectivity index (χ4v) is 2.65. The molecule has 3 heterocycles. The number of phosphoric ester groups is 1. The van der Waals surface area contributed by atoms with Crippen molar-refractivity contribution in [3.05, 3.63) is 12.7 Å². The number of rotatable bonds is 4. The number of aliphatic hydroxyl groups excluding tert-OH is 2. The molecule has 14 nitrogen and oxygen atoms in total. The predicted molar refractivity (Wildman–Crippen MR) is 76.4 cm³/mol. The minimum absolute atomic E-state index is 0. The van der Waals surface area contributed by atoms with Crippen molar-refractivity contribution < 1.29 is 104 Å². The summed E-state index contributed by atoms with van der Waals surface area (Å²) in [4.78, 5) is 32.8. The van der Waals surface area contributed by atoms with Gasteiger partial charge < -0.3 is 50.5 Å². The zero-order valence-electron chi connectivity index (χ0n) is 14.4. The molecule has 0 aromatic carbocycles. The summed E-state index contributed by atoms with van der Waals surface area (Å²) in [6, 6.07) is 0. The molecule has 0 radical (unpaired) electrons. The molecule has 0 unspecified atom stereocenters. The van der Waals surface area contributed by atoms with Crippen LogP contribution in [0.4, 0.5) is 5.82 Å². The van der Waals surface area contributed by atoms with Gasteiger partial charge in [0, 0.05) is 0 Å². The second kappa shape index (κ2) is 11.4. The van der Waals surface area contributed by atoms with E-state index in [0.717, 1.165) is 0 Å². The van der Waals surface area contributed by atoms with E-state index in [9.17, 15) is 24.6 Å². The minimum atomic E-state index is -5.22. The molecule has 1 fully saturated rings. The van der Waals surface area contributed by atoms with Crippen LogP contribution in [0, 0.1) is 0 Å². The van der Waals surface area contributed by atoms with Gasteiger partial charge in [-0.3, -0.25) is 4.57 Å². The topological polar surface area (TPSA) is 255 Å². The fraction of sp³-hybridized carbons (Fsp3) is 0.500. The van der Waals surface area contributed by atoms with E-state index in [4.69, 9.17) is 10.5 Å². The zero-order chi connectivity index (χ0) is 16.8. The molecule has 0 aliphatic carbocycles. The van der Waals surface area contributed by atoms with E-state index >= 15 is 0 Å². The van der Waals surface area contributed by atoms with Crippen LogP contribution in [0.3, 0.4) is 0 Å². The van der Waals surface area contributed by atoms with E-state index in [0.29, 0.717) is 0 Å². The summed E-state index contributed by atoms with van der Waals surface area (Å²) in [6.45, 7) is -0.719. The molecule has 2 aromatic rings. The van der Waals surface area contributed by atoms with Crippen LogP contribution in [-0.2, 0) is 13.8 Å². The van der Waals surface area contributed by atoms with Crippen LogP contribution in [0.25, 0.3) is 11.2 Å². The van der Waals surface area contributed by atoms with E-state index in [2.05, 4.69) is 19.5 Å². The average Bonchev–Trinajstić information content (AvgIpc) is 3.01. The third kappa shape index (κ3) is 6.37. The Labute approximate surface area is 196 Å². The van der Waals surface area contributed by atoms with Gasteiger partial charge in [0.25, 0.3) is 0 Å². The van der Waals surface area contributed by atoms with E-state index in [1.165, 1.54) is 17.2 Å². The molecule has 0 amide bonds. The number of phosphoric acid groups is 1. The number of aliphatic hydroxyl groups is 2. The maximum atomic E-state index is 10.5. The molecule has 1 saturated heterocycles. The minimum Gasteiger partial charge on any atom is -0.790 e. The second-order valence-corrected chi connectivity index (χ2v) is 6.02. The monoisotopic (exact) mass is 427 g/mol. The van der Waals surface area contributed by atoms with Gasteiger partial charge in [0.1, 0.15) is 30.2 Å². The molecule has 142 valence electrons. The molecule has 8 N–H and O–H groups in total. The normalized spacial score (nSPS) is 24.3. The molecule has 4 atom stereocenters. The van der Waals surface area contributed by atoms with Crippen molar-refractivity contribution in [2.24, 2.45) is 0 Å². The van der Waals surface area contributed by atoms with Crippen LogP contribution in [0.2, 0.25) is 0 Å². The number of nitrogens with two attached hydrogens (primary N) is 1. The number of fused-ring (bicyclic) bond motifs is 1. The van der Waals surface area contributed by atoms with E-state index in [1.807, 2.05) is 0 Å². The third-order valence-electron chi connectivity index (χ3n) is 3.40. The first-order valence-corrected chi connectivity index (χ1v) is 7.85. The standard InChI is InChI=1S/C10H14N5O7P.2Na.2H2O/c11-8-5-9(13-2-12-8)15(3-14-5)10-7(17)6(16)4(22-10)1-21-23(18,19)20;;;;/h2-4,6-7,10,16-17H,1H2,(H2,11,12,13)(H2,18,19,20);;;2*1H2/q;2*+1;;/p-2/t4-,6-,7-,10-;;;;/m1..../s1. The number of nitrogens with zero attached hydrogens (tertiary/aromatic N) is 4. The smallest absolute Gasteiger partial charge is 0.790 e. The third-order valence-corrected chi connectivity index (χ3v) is 3.86. The molecule has 0 spiro atoms. The van der Waals surface area contributed by atoms with Crippen LogP contribution in [0.15, 0.2) is 12.7 Å². The molecular weight excluding hydrogens is 411 g/mol. The molecule has 1 aliphatic rings. The fourth-order valence-electron chi connectivity index (χ4n) is 2.32. The van der Waals surface area contributed by atoms with E-state index in [-0.39, 0.29) is 87.0 Å². The van der Waals surface area contributed by atoms with Gasteiger partial charge in [-0.15, -0.1) is 0 Å². The van der Waals surface area contributed by atoms with E-state index < -0.39 is 39.0 Å². The summed E-state index contributed by atoms with van der Waals surface area (Å²) in [7, 11) is -5.22. The van der Waals surface area contributed by atoms with Crippen molar-refractivity contribution in [2.75, 3.05) is 12.3 Å². The van der Waals surface area contributed by atoms with Gasteiger partial charge in [-0.25, -0.2) is 15.0 Å². The van der Waals surface area contributed by atoms with Crippen molar-refractivity contribution in [1.29, 1.82) is 0 Å². The van der Waals surface area contributed by atoms with Gasteiger partial charge >= 0.3 is 59.1 Å². The van der Waals surface area contributed by atoms with Crippen LogP contribution in [0.5, 0.6) is 0 Å². The molecular formula is C10H16N5Na2O9P. The van der Waals surface area contributed by atoms with Gasteiger partial charge in [0.05, 0.1) is 20.8 Å². The number of hydrogen-bond acceptors (Lipinski definition) is 11. The Bertz CT molecular complexity index is 777.